The van der Waals surface area contributed by atoms with Crippen LogP contribution in [0.5, 0.6) is 0 Å². The van der Waals surface area contributed by atoms with Crippen LogP contribution in [-0.2, 0) is 19.1 Å². The van der Waals surface area contributed by atoms with Crippen molar-refractivity contribution in [2.24, 2.45) is 0 Å². The molecule has 2 amide bonds. The summed E-state index contributed by atoms with van der Waals surface area (Å²) in [6.07, 6.45) is 0. The van der Waals surface area contributed by atoms with E-state index in [1.807, 2.05) is 0 Å². The Morgan fingerprint density at radius 2 is 1.96 bits per heavy atom. The molecule has 0 N–H and O–H groups in total. The average Bonchev–Trinajstić information content (AvgIpc) is 2.66. The molecule has 0 atom stereocenters. The van der Waals surface area contributed by atoms with Crippen molar-refractivity contribution >= 4 is 23.5 Å². The third-order valence-corrected chi connectivity index (χ3v) is 4.13. The van der Waals surface area contributed by atoms with Gasteiger partial charge in [-0.05, 0) is 13.0 Å². The molecule has 1 aromatic rings. The fourth-order valence-corrected chi connectivity index (χ4v) is 2.46. The summed E-state index contributed by atoms with van der Waals surface area (Å²) in [5, 5.41) is 10.9. The molecule has 0 aromatic heterocycles. The first-order valence-electron chi connectivity index (χ1n) is 8.31. The van der Waals surface area contributed by atoms with Gasteiger partial charge in [0.1, 0.15) is 0 Å². The van der Waals surface area contributed by atoms with Crippen LogP contribution in [0, 0.1) is 17.0 Å². The third-order valence-electron chi connectivity index (χ3n) is 4.13. The van der Waals surface area contributed by atoms with Gasteiger partial charge < -0.3 is 19.3 Å². The molecular formula is C17H21N3O7. The standard InChI is InChI=1S/C17H21N3O7/c1-12-3-4-13(9-14(12)20(24)25)17(23)27-11-16(22)18(2)10-15(21)19-5-7-26-8-6-19/h3-4,9H,5-8,10-11H2,1-2H3. The summed E-state index contributed by atoms with van der Waals surface area (Å²) in [5.41, 5.74) is 0.185. The lowest BCUT2D eigenvalue weighted by molar-refractivity contribution is -0.385. The third kappa shape index (κ3) is 5.48. The zero-order chi connectivity index (χ0) is 20.0. The van der Waals surface area contributed by atoms with Gasteiger partial charge in [0.15, 0.2) is 6.61 Å². The molecule has 10 nitrogen and oxygen atoms in total. The van der Waals surface area contributed by atoms with E-state index in [1.54, 1.807) is 11.8 Å². The van der Waals surface area contributed by atoms with Crippen molar-refractivity contribution in [3.05, 3.63) is 39.4 Å². The summed E-state index contributed by atoms with van der Waals surface area (Å²) in [5.74, 6) is -1.61. The molecule has 0 saturated carbocycles. The molecular weight excluding hydrogens is 358 g/mol. The SMILES string of the molecule is Cc1ccc(C(=O)OCC(=O)N(C)CC(=O)N2CCOCC2)cc1[N+](=O)[O-]. The minimum atomic E-state index is -0.848. The molecule has 0 unspecified atom stereocenters. The van der Waals surface area contributed by atoms with Crippen LogP contribution in [-0.4, -0.2) is 79.0 Å². The van der Waals surface area contributed by atoms with Crippen molar-refractivity contribution < 1.29 is 28.8 Å². The summed E-state index contributed by atoms with van der Waals surface area (Å²) in [6.45, 7) is 2.73. The summed E-state index contributed by atoms with van der Waals surface area (Å²) < 4.78 is 10.1. The number of nitro benzene ring substituents is 1. The lowest BCUT2D eigenvalue weighted by atomic mass is 10.1. The van der Waals surface area contributed by atoms with Crippen LogP contribution in [0.1, 0.15) is 15.9 Å². The van der Waals surface area contributed by atoms with Gasteiger partial charge >= 0.3 is 5.97 Å². The fourth-order valence-electron chi connectivity index (χ4n) is 2.46. The van der Waals surface area contributed by atoms with Gasteiger partial charge in [-0.3, -0.25) is 19.7 Å². The summed E-state index contributed by atoms with van der Waals surface area (Å²) in [4.78, 5) is 49.3. The Hall–Kier alpha value is -3.01. The summed E-state index contributed by atoms with van der Waals surface area (Å²) in [6, 6.07) is 3.93. The van der Waals surface area contributed by atoms with E-state index < -0.39 is 23.4 Å². The highest BCUT2D eigenvalue weighted by Crippen LogP contribution is 2.19. The first kappa shape index (κ1) is 20.3. The van der Waals surface area contributed by atoms with Gasteiger partial charge in [-0.1, -0.05) is 6.07 Å². The molecule has 0 radical (unpaired) electrons. The highest BCUT2D eigenvalue weighted by Gasteiger charge is 2.22. The van der Waals surface area contributed by atoms with Crippen molar-refractivity contribution in [1.29, 1.82) is 0 Å². The van der Waals surface area contributed by atoms with Crippen LogP contribution in [0.15, 0.2) is 18.2 Å². The summed E-state index contributed by atoms with van der Waals surface area (Å²) >= 11 is 0. The first-order valence-corrected chi connectivity index (χ1v) is 8.31. The number of esters is 1. The van der Waals surface area contributed by atoms with Gasteiger partial charge in [0.05, 0.1) is 30.2 Å². The van der Waals surface area contributed by atoms with Crippen molar-refractivity contribution in [3.63, 3.8) is 0 Å². The van der Waals surface area contributed by atoms with E-state index in [9.17, 15) is 24.5 Å². The molecule has 0 spiro atoms. The number of likely N-dealkylation sites (N-methyl/N-ethyl adjacent to an activating group) is 1. The molecule has 1 fully saturated rings. The quantitative estimate of drug-likeness (QED) is 0.398. The second-order valence-corrected chi connectivity index (χ2v) is 6.08. The Labute approximate surface area is 155 Å². The predicted molar refractivity (Wildman–Crippen MR) is 93.2 cm³/mol. The number of morpholine rings is 1. The van der Waals surface area contributed by atoms with E-state index >= 15 is 0 Å². The highest BCUT2D eigenvalue weighted by molar-refractivity contribution is 5.92. The van der Waals surface area contributed by atoms with E-state index in [4.69, 9.17) is 9.47 Å². The monoisotopic (exact) mass is 379 g/mol. The van der Waals surface area contributed by atoms with Gasteiger partial charge in [-0.15, -0.1) is 0 Å². The lowest BCUT2D eigenvalue weighted by Crippen LogP contribution is -2.46. The maximum absolute atomic E-state index is 12.1. The first-order chi connectivity index (χ1) is 12.8. The fraction of sp³-hybridized carbons (Fsp3) is 0.471. The molecule has 0 aliphatic carbocycles. The Morgan fingerprint density at radius 1 is 1.30 bits per heavy atom. The van der Waals surface area contributed by atoms with Crippen LogP contribution in [0.25, 0.3) is 0 Å². The molecule has 1 saturated heterocycles. The Kier molecular flexibility index (Phi) is 6.83. The number of carbonyl (C=O) groups is 3. The van der Waals surface area contributed by atoms with E-state index in [2.05, 4.69) is 0 Å². The zero-order valence-corrected chi connectivity index (χ0v) is 15.2. The van der Waals surface area contributed by atoms with Crippen molar-refractivity contribution in [1.82, 2.24) is 9.80 Å². The Balaban J connectivity index is 1.86. The number of ether oxygens (including phenoxy) is 2. The van der Waals surface area contributed by atoms with Crippen LogP contribution in [0.3, 0.4) is 0 Å². The van der Waals surface area contributed by atoms with Gasteiger partial charge in [-0.2, -0.15) is 0 Å². The molecule has 1 aliphatic rings. The number of amides is 2. The van der Waals surface area contributed by atoms with Crippen molar-refractivity contribution in [2.45, 2.75) is 6.92 Å². The minimum Gasteiger partial charge on any atom is -0.452 e. The van der Waals surface area contributed by atoms with Crippen LogP contribution >= 0.6 is 0 Å². The maximum Gasteiger partial charge on any atom is 0.338 e. The number of hydrogen-bond acceptors (Lipinski definition) is 7. The molecule has 10 heteroatoms. The van der Waals surface area contributed by atoms with Crippen LogP contribution < -0.4 is 0 Å². The van der Waals surface area contributed by atoms with Gasteiger partial charge in [0, 0.05) is 31.8 Å². The van der Waals surface area contributed by atoms with Gasteiger partial charge in [-0.25, -0.2) is 4.79 Å². The number of carbonyl (C=O) groups excluding carboxylic acids is 3. The number of benzene rings is 1. The van der Waals surface area contributed by atoms with Gasteiger partial charge in [0.2, 0.25) is 5.91 Å². The smallest absolute Gasteiger partial charge is 0.338 e. The summed E-state index contributed by atoms with van der Waals surface area (Å²) in [7, 11) is 1.44. The maximum atomic E-state index is 12.1. The number of nitro groups is 1. The largest absolute Gasteiger partial charge is 0.452 e. The molecule has 146 valence electrons. The lowest BCUT2D eigenvalue weighted by Gasteiger charge is -2.28. The van der Waals surface area contributed by atoms with Gasteiger partial charge in [0.25, 0.3) is 11.6 Å². The molecule has 1 heterocycles. The zero-order valence-electron chi connectivity index (χ0n) is 15.2. The Bertz CT molecular complexity index is 744. The molecule has 0 bridgehead atoms. The van der Waals surface area contributed by atoms with E-state index in [0.29, 0.717) is 31.9 Å². The molecule has 2 rings (SSSR count). The number of rotatable bonds is 6. The minimum absolute atomic E-state index is 0.0212. The van der Waals surface area contributed by atoms with E-state index in [0.717, 1.165) is 6.07 Å². The second-order valence-electron chi connectivity index (χ2n) is 6.08. The van der Waals surface area contributed by atoms with Crippen LogP contribution in [0.4, 0.5) is 5.69 Å². The number of nitrogens with zero attached hydrogens (tertiary/aromatic N) is 3. The van der Waals surface area contributed by atoms with Crippen LogP contribution in [0.2, 0.25) is 0 Å². The highest BCUT2D eigenvalue weighted by atomic mass is 16.6. The Morgan fingerprint density at radius 3 is 2.59 bits per heavy atom. The molecule has 1 aromatic carbocycles. The molecule has 1 aliphatic heterocycles. The predicted octanol–water partition coefficient (Wildman–Crippen LogP) is 0.377. The average molecular weight is 379 g/mol. The second kappa shape index (κ2) is 9.08. The topological polar surface area (TPSA) is 119 Å². The van der Waals surface area contributed by atoms with Crippen molar-refractivity contribution in [3.8, 4) is 0 Å². The van der Waals surface area contributed by atoms with E-state index in [-0.39, 0.29) is 23.7 Å². The van der Waals surface area contributed by atoms with E-state index in [1.165, 1.54) is 24.1 Å². The number of aryl methyl sites for hydroxylation is 1. The number of hydrogen-bond donors (Lipinski definition) is 0. The van der Waals surface area contributed by atoms with Crippen molar-refractivity contribution in [2.75, 3.05) is 46.5 Å². The normalized spacial score (nSPS) is 13.8. The molecule has 27 heavy (non-hydrogen) atoms.